The number of hydrogen-bond acceptors (Lipinski definition) is 6. The van der Waals surface area contributed by atoms with Gasteiger partial charge in [-0.25, -0.2) is 8.42 Å². The number of nitrogens with one attached hydrogen (secondary N) is 1. The van der Waals surface area contributed by atoms with Crippen LogP contribution in [0.15, 0.2) is 41.3 Å². The Morgan fingerprint density at radius 1 is 1.07 bits per heavy atom. The first-order chi connectivity index (χ1) is 13.5. The molecule has 0 spiro atoms. The van der Waals surface area contributed by atoms with Crippen molar-refractivity contribution >= 4 is 21.6 Å². The van der Waals surface area contributed by atoms with Gasteiger partial charge in [0.1, 0.15) is 5.75 Å². The topological polar surface area (TPSA) is 94.2 Å². The molecule has 0 aliphatic carbocycles. The van der Waals surface area contributed by atoms with Crippen molar-refractivity contribution in [2.24, 2.45) is 0 Å². The van der Waals surface area contributed by atoms with Crippen LogP contribution >= 0.6 is 0 Å². The van der Waals surface area contributed by atoms with E-state index in [9.17, 15) is 13.2 Å². The molecule has 2 aromatic rings. The van der Waals surface area contributed by atoms with Crippen LogP contribution < -0.4 is 18.9 Å². The number of carbonyl (C=O) groups excluding carboxylic acids is 1. The number of ether oxygens (including phenoxy) is 3. The fourth-order valence-electron chi connectivity index (χ4n) is 3.29. The van der Waals surface area contributed by atoms with E-state index in [1.54, 1.807) is 23.1 Å². The second kappa shape index (κ2) is 7.23. The smallest absolute Gasteiger partial charge is 0.261 e. The van der Waals surface area contributed by atoms with E-state index in [1.165, 1.54) is 25.3 Å². The molecule has 1 fully saturated rings. The third kappa shape index (κ3) is 3.45. The van der Waals surface area contributed by atoms with Gasteiger partial charge < -0.3 is 19.1 Å². The SMILES string of the molecule is COc1ccc(S(=O)(=O)Nc2ccc3c(c2)OCO3)cc1C(=O)N1CCCC1. The van der Waals surface area contributed by atoms with Crippen LogP contribution in [0.1, 0.15) is 23.2 Å². The Morgan fingerprint density at radius 2 is 1.82 bits per heavy atom. The highest BCUT2D eigenvalue weighted by molar-refractivity contribution is 7.92. The number of rotatable bonds is 5. The predicted molar refractivity (Wildman–Crippen MR) is 102 cm³/mol. The summed E-state index contributed by atoms with van der Waals surface area (Å²) >= 11 is 0. The Labute approximate surface area is 163 Å². The molecular formula is C19H20N2O6S. The lowest BCUT2D eigenvalue weighted by Gasteiger charge is -2.18. The van der Waals surface area contributed by atoms with Gasteiger partial charge in [0, 0.05) is 19.2 Å². The summed E-state index contributed by atoms with van der Waals surface area (Å²) < 4.78 is 44.0. The van der Waals surface area contributed by atoms with Crippen molar-refractivity contribution in [2.45, 2.75) is 17.7 Å². The molecule has 2 heterocycles. The quantitative estimate of drug-likeness (QED) is 0.823. The highest BCUT2D eigenvalue weighted by atomic mass is 32.2. The molecule has 8 nitrogen and oxygen atoms in total. The molecule has 0 saturated carbocycles. The summed E-state index contributed by atoms with van der Waals surface area (Å²) in [5, 5.41) is 0. The van der Waals surface area contributed by atoms with Crippen molar-refractivity contribution in [2.75, 3.05) is 31.7 Å². The molecule has 2 aliphatic rings. The van der Waals surface area contributed by atoms with Crippen LogP contribution in [0.2, 0.25) is 0 Å². The maximum atomic E-state index is 12.8. The number of nitrogens with zero attached hydrogens (tertiary/aromatic N) is 1. The van der Waals surface area contributed by atoms with E-state index in [0.29, 0.717) is 36.0 Å². The van der Waals surface area contributed by atoms with Gasteiger partial charge in [-0.05, 0) is 43.2 Å². The molecule has 148 valence electrons. The molecule has 0 atom stereocenters. The Morgan fingerprint density at radius 3 is 2.57 bits per heavy atom. The first kappa shape index (κ1) is 18.4. The molecular weight excluding hydrogens is 384 g/mol. The minimum Gasteiger partial charge on any atom is -0.496 e. The number of amides is 1. The fraction of sp³-hybridized carbons (Fsp3) is 0.316. The van der Waals surface area contributed by atoms with Crippen molar-refractivity contribution < 1.29 is 27.4 Å². The second-order valence-electron chi connectivity index (χ2n) is 6.53. The zero-order valence-corrected chi connectivity index (χ0v) is 16.1. The Balaban J connectivity index is 1.63. The van der Waals surface area contributed by atoms with Crippen molar-refractivity contribution in [1.29, 1.82) is 0 Å². The lowest BCUT2D eigenvalue weighted by molar-refractivity contribution is 0.0789. The molecule has 4 rings (SSSR count). The van der Waals surface area contributed by atoms with Gasteiger partial charge in [0.25, 0.3) is 15.9 Å². The van der Waals surface area contributed by atoms with Crippen LogP contribution in [0.25, 0.3) is 0 Å². The number of sulfonamides is 1. The van der Waals surface area contributed by atoms with Crippen LogP contribution in [0.5, 0.6) is 17.2 Å². The minimum atomic E-state index is -3.91. The number of anilines is 1. The van der Waals surface area contributed by atoms with Crippen molar-refractivity contribution in [3.8, 4) is 17.2 Å². The van der Waals surface area contributed by atoms with E-state index in [0.717, 1.165) is 12.8 Å². The van der Waals surface area contributed by atoms with Crippen LogP contribution in [0, 0.1) is 0 Å². The third-order valence-corrected chi connectivity index (χ3v) is 6.11. The number of hydrogen-bond donors (Lipinski definition) is 1. The zero-order valence-electron chi connectivity index (χ0n) is 15.3. The maximum absolute atomic E-state index is 12.8. The van der Waals surface area contributed by atoms with Gasteiger partial charge in [0.05, 0.1) is 23.3 Å². The van der Waals surface area contributed by atoms with Gasteiger partial charge in [-0.2, -0.15) is 0 Å². The Hall–Kier alpha value is -2.94. The van der Waals surface area contributed by atoms with Crippen molar-refractivity contribution in [3.05, 3.63) is 42.0 Å². The first-order valence-electron chi connectivity index (χ1n) is 8.88. The van der Waals surface area contributed by atoms with Gasteiger partial charge in [0.2, 0.25) is 6.79 Å². The van der Waals surface area contributed by atoms with Gasteiger partial charge >= 0.3 is 0 Å². The maximum Gasteiger partial charge on any atom is 0.261 e. The summed E-state index contributed by atoms with van der Waals surface area (Å²) in [7, 11) is -2.45. The fourth-order valence-corrected chi connectivity index (χ4v) is 4.36. The standard InChI is InChI=1S/C19H20N2O6S/c1-25-16-7-5-14(11-15(16)19(22)21-8-2-3-9-21)28(23,24)20-13-4-6-17-18(10-13)27-12-26-17/h4-7,10-11,20H,2-3,8-9,12H2,1H3. The average Bonchev–Trinajstić information content (AvgIpc) is 3.38. The van der Waals surface area contributed by atoms with E-state index in [4.69, 9.17) is 14.2 Å². The lowest BCUT2D eigenvalue weighted by Crippen LogP contribution is -2.28. The van der Waals surface area contributed by atoms with E-state index in [1.807, 2.05) is 0 Å². The minimum absolute atomic E-state index is 0.0199. The Kier molecular flexibility index (Phi) is 4.76. The zero-order chi connectivity index (χ0) is 19.7. The molecule has 0 unspecified atom stereocenters. The third-order valence-electron chi connectivity index (χ3n) is 4.73. The average molecular weight is 404 g/mol. The van der Waals surface area contributed by atoms with Crippen molar-refractivity contribution in [1.82, 2.24) is 4.90 Å². The molecule has 28 heavy (non-hydrogen) atoms. The van der Waals surface area contributed by atoms with Gasteiger partial charge in [-0.1, -0.05) is 0 Å². The number of likely N-dealkylation sites (tertiary alicyclic amines) is 1. The van der Waals surface area contributed by atoms with E-state index < -0.39 is 10.0 Å². The summed E-state index contributed by atoms with van der Waals surface area (Å²) in [6.45, 7) is 1.43. The van der Waals surface area contributed by atoms with E-state index in [-0.39, 0.29) is 23.2 Å². The number of carbonyl (C=O) groups is 1. The Bertz CT molecular complexity index is 1020. The molecule has 0 radical (unpaired) electrons. The summed E-state index contributed by atoms with van der Waals surface area (Å²) in [6.07, 6.45) is 1.88. The highest BCUT2D eigenvalue weighted by Gasteiger charge is 2.25. The summed E-state index contributed by atoms with van der Waals surface area (Å²) in [5.74, 6) is 1.15. The monoisotopic (exact) mass is 404 g/mol. The number of benzene rings is 2. The normalized spacial score (nSPS) is 15.5. The molecule has 1 N–H and O–H groups in total. The van der Waals surface area contributed by atoms with Crippen LogP contribution in [-0.2, 0) is 10.0 Å². The molecule has 0 aromatic heterocycles. The number of fused-ring (bicyclic) bond motifs is 1. The molecule has 9 heteroatoms. The summed E-state index contributed by atoms with van der Waals surface area (Å²) in [5.41, 5.74) is 0.574. The molecule has 1 amide bonds. The van der Waals surface area contributed by atoms with Gasteiger partial charge in [-0.15, -0.1) is 0 Å². The number of methoxy groups -OCH3 is 1. The van der Waals surface area contributed by atoms with Gasteiger partial charge in [-0.3, -0.25) is 9.52 Å². The molecule has 2 aromatic carbocycles. The predicted octanol–water partition coefficient (Wildman–Crippen LogP) is 2.46. The molecule has 2 aliphatic heterocycles. The largest absolute Gasteiger partial charge is 0.496 e. The first-order valence-corrected chi connectivity index (χ1v) is 10.4. The van der Waals surface area contributed by atoms with E-state index >= 15 is 0 Å². The van der Waals surface area contributed by atoms with Crippen LogP contribution in [0.3, 0.4) is 0 Å². The van der Waals surface area contributed by atoms with E-state index in [2.05, 4.69) is 4.72 Å². The molecule has 0 bridgehead atoms. The summed E-state index contributed by atoms with van der Waals surface area (Å²) in [4.78, 5) is 14.5. The van der Waals surface area contributed by atoms with Crippen LogP contribution in [-0.4, -0.2) is 46.2 Å². The highest BCUT2D eigenvalue weighted by Crippen LogP contribution is 2.35. The lowest BCUT2D eigenvalue weighted by atomic mass is 10.1. The second-order valence-corrected chi connectivity index (χ2v) is 8.22. The van der Waals surface area contributed by atoms with Gasteiger partial charge in [0.15, 0.2) is 11.5 Å². The van der Waals surface area contributed by atoms with Crippen molar-refractivity contribution in [3.63, 3.8) is 0 Å². The van der Waals surface area contributed by atoms with Crippen LogP contribution in [0.4, 0.5) is 5.69 Å². The molecule has 1 saturated heterocycles. The summed E-state index contributed by atoms with van der Waals surface area (Å²) in [6, 6.07) is 9.04.